The van der Waals surface area contributed by atoms with Crippen molar-refractivity contribution in [2.75, 3.05) is 36.5 Å². The first-order valence-corrected chi connectivity index (χ1v) is 9.18. The Hall–Kier alpha value is -1.75. The molecule has 1 saturated heterocycles. The monoisotopic (exact) mass is 328 g/mol. The summed E-state index contributed by atoms with van der Waals surface area (Å²) >= 11 is 0. The summed E-state index contributed by atoms with van der Waals surface area (Å²) in [4.78, 5) is 11.8. The first kappa shape index (κ1) is 15.8. The summed E-state index contributed by atoms with van der Waals surface area (Å²) in [6, 6.07) is 2.99. The topological polar surface area (TPSA) is 42.8 Å². The van der Waals surface area contributed by atoms with Gasteiger partial charge in [0.25, 0.3) is 0 Å². The standard InChI is InChI=1S/C19H28N4O/c1-13(2)22-7-8-23-17(11-22)18(12-24)21(3)16-9-15(10-20-19(16)23)14-5-4-6-14/h9-10,12-14,17,24H,4-8,11H2,1-3H3/b18-12+/t17-/m1/s1. The molecule has 0 bridgehead atoms. The van der Waals surface area contributed by atoms with Gasteiger partial charge in [0.05, 0.1) is 17.4 Å². The van der Waals surface area contributed by atoms with Crippen LogP contribution in [0, 0.1) is 0 Å². The number of aromatic nitrogens is 1. The van der Waals surface area contributed by atoms with Gasteiger partial charge in [0.1, 0.15) is 6.26 Å². The molecule has 0 spiro atoms. The van der Waals surface area contributed by atoms with Crippen LogP contribution in [-0.2, 0) is 0 Å². The molecule has 0 aromatic carbocycles. The first-order chi connectivity index (χ1) is 11.6. The number of aliphatic hydroxyl groups is 1. The summed E-state index contributed by atoms with van der Waals surface area (Å²) in [5.74, 6) is 1.74. The Morgan fingerprint density at radius 3 is 2.71 bits per heavy atom. The van der Waals surface area contributed by atoms with Crippen LogP contribution in [0.3, 0.4) is 0 Å². The molecule has 2 fully saturated rings. The number of hydrogen-bond acceptors (Lipinski definition) is 5. The number of fused-ring (bicyclic) bond motifs is 3. The van der Waals surface area contributed by atoms with E-state index >= 15 is 0 Å². The van der Waals surface area contributed by atoms with Crippen molar-refractivity contribution in [2.45, 2.75) is 51.1 Å². The van der Waals surface area contributed by atoms with Crippen LogP contribution in [0.25, 0.3) is 0 Å². The lowest BCUT2D eigenvalue weighted by Gasteiger charge is -2.50. The van der Waals surface area contributed by atoms with E-state index in [9.17, 15) is 5.11 Å². The highest BCUT2D eigenvalue weighted by atomic mass is 16.2. The minimum Gasteiger partial charge on any atom is -0.514 e. The van der Waals surface area contributed by atoms with Crippen LogP contribution in [0.1, 0.15) is 44.6 Å². The van der Waals surface area contributed by atoms with E-state index in [1.807, 2.05) is 0 Å². The summed E-state index contributed by atoms with van der Waals surface area (Å²) in [5.41, 5.74) is 3.46. The quantitative estimate of drug-likeness (QED) is 0.845. The van der Waals surface area contributed by atoms with Crippen LogP contribution in [0.15, 0.2) is 24.2 Å². The average Bonchev–Trinajstić information content (AvgIpc) is 2.53. The van der Waals surface area contributed by atoms with E-state index in [-0.39, 0.29) is 6.04 Å². The molecular weight excluding hydrogens is 300 g/mol. The van der Waals surface area contributed by atoms with E-state index in [2.05, 4.69) is 47.9 Å². The Bertz CT molecular complexity index is 653. The van der Waals surface area contributed by atoms with Crippen molar-refractivity contribution in [3.63, 3.8) is 0 Å². The van der Waals surface area contributed by atoms with Crippen LogP contribution < -0.4 is 9.80 Å². The number of aliphatic hydroxyl groups excluding tert-OH is 1. The van der Waals surface area contributed by atoms with Crippen molar-refractivity contribution in [3.8, 4) is 0 Å². The Morgan fingerprint density at radius 1 is 1.29 bits per heavy atom. The molecule has 0 unspecified atom stereocenters. The SMILES string of the molecule is CC(C)N1CCN2c3ncc(C4CCC4)cc3N(C)/C(=C/O)[C@H]2C1. The van der Waals surface area contributed by atoms with Gasteiger partial charge in [0.2, 0.25) is 0 Å². The third-order valence-electron chi connectivity index (χ3n) is 6.08. The summed E-state index contributed by atoms with van der Waals surface area (Å²) in [6.07, 6.45) is 7.26. The minimum absolute atomic E-state index is 0.172. The number of anilines is 2. The fraction of sp³-hybridized carbons (Fsp3) is 0.632. The van der Waals surface area contributed by atoms with Crippen LogP contribution >= 0.6 is 0 Å². The summed E-state index contributed by atoms with van der Waals surface area (Å²) in [6.45, 7) is 7.40. The highest BCUT2D eigenvalue weighted by Crippen LogP contribution is 2.43. The molecule has 5 heteroatoms. The highest BCUT2D eigenvalue weighted by Gasteiger charge is 2.39. The Kier molecular flexibility index (Phi) is 3.91. The fourth-order valence-corrected chi connectivity index (χ4v) is 4.21. The number of rotatable bonds is 2. The average molecular weight is 328 g/mol. The van der Waals surface area contributed by atoms with Gasteiger partial charge in [0.15, 0.2) is 5.82 Å². The third-order valence-corrected chi connectivity index (χ3v) is 6.08. The zero-order valence-electron chi connectivity index (χ0n) is 14.9. The van der Waals surface area contributed by atoms with Gasteiger partial charge in [-0.05, 0) is 44.2 Å². The second-order valence-corrected chi connectivity index (χ2v) is 7.65. The maximum Gasteiger partial charge on any atom is 0.153 e. The Balaban J connectivity index is 1.71. The van der Waals surface area contributed by atoms with Crippen LogP contribution in [0.2, 0.25) is 0 Å². The van der Waals surface area contributed by atoms with Crippen molar-refractivity contribution in [2.24, 2.45) is 0 Å². The normalized spacial score (nSPS) is 26.5. The van der Waals surface area contributed by atoms with Crippen LogP contribution in [-0.4, -0.2) is 53.8 Å². The van der Waals surface area contributed by atoms with Crippen molar-refractivity contribution in [3.05, 3.63) is 29.8 Å². The van der Waals surface area contributed by atoms with Gasteiger partial charge in [0, 0.05) is 38.9 Å². The molecule has 4 rings (SSSR count). The molecule has 130 valence electrons. The molecule has 24 heavy (non-hydrogen) atoms. The van der Waals surface area contributed by atoms with Gasteiger partial charge in [-0.1, -0.05) is 6.42 Å². The summed E-state index contributed by atoms with van der Waals surface area (Å²) in [7, 11) is 2.05. The second kappa shape index (κ2) is 5.96. The van der Waals surface area contributed by atoms with Crippen molar-refractivity contribution < 1.29 is 5.11 Å². The number of piperazine rings is 1. The van der Waals surface area contributed by atoms with Gasteiger partial charge >= 0.3 is 0 Å². The van der Waals surface area contributed by atoms with Crippen LogP contribution in [0.4, 0.5) is 11.5 Å². The largest absolute Gasteiger partial charge is 0.514 e. The smallest absolute Gasteiger partial charge is 0.153 e. The summed E-state index contributed by atoms with van der Waals surface area (Å²) in [5, 5.41) is 9.92. The highest BCUT2D eigenvalue weighted by molar-refractivity contribution is 5.75. The fourth-order valence-electron chi connectivity index (χ4n) is 4.21. The molecule has 1 atom stereocenters. The third kappa shape index (κ3) is 2.37. The number of pyridine rings is 1. The lowest BCUT2D eigenvalue weighted by Crippen LogP contribution is -2.59. The molecule has 1 aliphatic carbocycles. The maximum absolute atomic E-state index is 9.92. The number of likely N-dealkylation sites (N-methyl/N-ethyl adjacent to an activating group) is 1. The van der Waals surface area contributed by atoms with Gasteiger partial charge in [-0.25, -0.2) is 4.98 Å². The van der Waals surface area contributed by atoms with Gasteiger partial charge < -0.3 is 14.9 Å². The number of hydrogen-bond donors (Lipinski definition) is 1. The Morgan fingerprint density at radius 2 is 2.08 bits per heavy atom. The molecule has 0 amide bonds. The van der Waals surface area contributed by atoms with Crippen molar-refractivity contribution in [1.82, 2.24) is 9.88 Å². The van der Waals surface area contributed by atoms with E-state index in [1.165, 1.54) is 31.1 Å². The molecule has 1 saturated carbocycles. The predicted molar refractivity (Wildman–Crippen MR) is 97.8 cm³/mol. The Labute approximate surface area is 144 Å². The zero-order valence-corrected chi connectivity index (χ0v) is 14.9. The predicted octanol–water partition coefficient (Wildman–Crippen LogP) is 3.10. The van der Waals surface area contributed by atoms with Crippen molar-refractivity contribution >= 4 is 11.5 Å². The van der Waals surface area contributed by atoms with Crippen LogP contribution in [0.5, 0.6) is 0 Å². The molecule has 3 aliphatic rings. The summed E-state index contributed by atoms with van der Waals surface area (Å²) < 4.78 is 0. The van der Waals surface area contributed by atoms with Gasteiger partial charge in [-0.15, -0.1) is 0 Å². The van der Waals surface area contributed by atoms with Gasteiger partial charge in [-0.2, -0.15) is 0 Å². The molecule has 2 aliphatic heterocycles. The van der Waals surface area contributed by atoms with E-state index < -0.39 is 0 Å². The van der Waals surface area contributed by atoms with Crippen molar-refractivity contribution in [1.29, 1.82) is 0 Å². The van der Waals surface area contributed by atoms with E-state index in [1.54, 1.807) is 0 Å². The molecule has 1 aromatic heterocycles. The molecule has 5 nitrogen and oxygen atoms in total. The maximum atomic E-state index is 9.92. The molecule has 1 aromatic rings. The van der Waals surface area contributed by atoms with Gasteiger partial charge in [-0.3, -0.25) is 4.90 Å². The van der Waals surface area contributed by atoms with E-state index in [4.69, 9.17) is 4.98 Å². The number of nitrogens with zero attached hydrogens (tertiary/aromatic N) is 4. The molecule has 3 heterocycles. The first-order valence-electron chi connectivity index (χ1n) is 9.18. The second-order valence-electron chi connectivity index (χ2n) is 7.65. The lowest BCUT2D eigenvalue weighted by molar-refractivity contribution is 0.186. The van der Waals surface area contributed by atoms with E-state index in [0.29, 0.717) is 12.0 Å². The molecule has 1 N–H and O–H groups in total. The lowest BCUT2D eigenvalue weighted by atomic mass is 9.80. The molecule has 0 radical (unpaired) electrons. The zero-order chi connectivity index (χ0) is 16.8. The minimum atomic E-state index is 0.172. The molecular formula is C19H28N4O. The van der Waals surface area contributed by atoms with E-state index in [0.717, 1.165) is 36.8 Å².